The number of hydrogen-bond acceptors (Lipinski definition) is 3. The second kappa shape index (κ2) is 9.77. The van der Waals surface area contributed by atoms with Crippen molar-refractivity contribution in [1.29, 1.82) is 0 Å². The molecule has 2 atom stereocenters. The summed E-state index contributed by atoms with van der Waals surface area (Å²) < 4.78 is 11.6. The molecule has 152 valence electrons. The van der Waals surface area contributed by atoms with Crippen molar-refractivity contribution in [3.63, 3.8) is 0 Å². The van der Waals surface area contributed by atoms with Crippen LogP contribution >= 0.6 is 0 Å². The van der Waals surface area contributed by atoms with Crippen LogP contribution in [0.15, 0.2) is 48.5 Å². The van der Waals surface area contributed by atoms with E-state index in [0.29, 0.717) is 5.75 Å². The first-order valence-corrected chi connectivity index (χ1v) is 10.4. The Hall–Kier alpha value is -2.29. The van der Waals surface area contributed by atoms with Crippen molar-refractivity contribution in [3.05, 3.63) is 59.7 Å². The van der Waals surface area contributed by atoms with Crippen LogP contribution in [0.1, 0.15) is 77.8 Å². The molecule has 0 N–H and O–H groups in total. The third-order valence-electron chi connectivity index (χ3n) is 5.85. The smallest absolute Gasteiger partial charge is 0.314 e. The van der Waals surface area contributed by atoms with Crippen LogP contribution in [0.3, 0.4) is 0 Å². The Kier molecular flexibility index (Phi) is 7.68. The molecule has 0 amide bonds. The lowest BCUT2D eigenvalue weighted by atomic mass is 9.93. The standard InChI is InChI=1S/C25H34O3/c1-7-18(4)24(26)27-22-14-10-20(11-15-22)19(5)21-12-16-23(17-13-21)28-25(6,8-2)9-3/h10-19H,7-9H2,1-6H3. The SMILES string of the molecule is CCC(C)C(=O)Oc1ccc(C(C)c2ccc(OC(C)(CC)CC)cc2)cc1. The van der Waals surface area contributed by atoms with Gasteiger partial charge in [-0.15, -0.1) is 0 Å². The number of ether oxygens (including phenoxy) is 2. The zero-order valence-corrected chi connectivity index (χ0v) is 18.1. The normalized spacial score (nSPS) is 13.6. The number of benzene rings is 2. The maximum absolute atomic E-state index is 11.9. The van der Waals surface area contributed by atoms with Gasteiger partial charge in [0.25, 0.3) is 0 Å². The van der Waals surface area contributed by atoms with E-state index >= 15 is 0 Å². The fourth-order valence-electron chi connectivity index (χ4n) is 2.90. The summed E-state index contributed by atoms with van der Waals surface area (Å²) in [6.07, 6.45) is 2.74. The zero-order valence-electron chi connectivity index (χ0n) is 18.1. The van der Waals surface area contributed by atoms with Gasteiger partial charge in [-0.3, -0.25) is 4.79 Å². The van der Waals surface area contributed by atoms with Gasteiger partial charge in [-0.05, 0) is 61.6 Å². The first-order chi connectivity index (χ1) is 13.3. The Morgan fingerprint density at radius 1 is 0.857 bits per heavy atom. The van der Waals surface area contributed by atoms with Gasteiger partial charge in [-0.1, -0.05) is 58.9 Å². The minimum absolute atomic E-state index is 0.0818. The molecular weight excluding hydrogens is 348 g/mol. The van der Waals surface area contributed by atoms with E-state index in [-0.39, 0.29) is 23.4 Å². The fourth-order valence-corrected chi connectivity index (χ4v) is 2.90. The third-order valence-corrected chi connectivity index (χ3v) is 5.85. The van der Waals surface area contributed by atoms with E-state index in [0.717, 1.165) is 25.0 Å². The van der Waals surface area contributed by atoms with Crippen molar-refractivity contribution in [2.24, 2.45) is 5.92 Å². The summed E-state index contributed by atoms with van der Waals surface area (Å²) in [6, 6.07) is 16.2. The molecule has 2 unspecified atom stereocenters. The molecule has 2 rings (SSSR count). The van der Waals surface area contributed by atoms with E-state index < -0.39 is 0 Å². The zero-order chi connectivity index (χ0) is 20.7. The maximum Gasteiger partial charge on any atom is 0.314 e. The Balaban J connectivity index is 2.05. The summed E-state index contributed by atoms with van der Waals surface area (Å²) in [5.41, 5.74) is 2.30. The van der Waals surface area contributed by atoms with Gasteiger partial charge in [-0.2, -0.15) is 0 Å². The van der Waals surface area contributed by atoms with Gasteiger partial charge in [0.05, 0.1) is 5.92 Å². The molecule has 0 fully saturated rings. The Labute approximate surface area is 170 Å². The Bertz CT molecular complexity index is 742. The van der Waals surface area contributed by atoms with E-state index in [2.05, 4.69) is 52.0 Å². The van der Waals surface area contributed by atoms with Crippen molar-refractivity contribution in [2.45, 2.75) is 72.3 Å². The van der Waals surface area contributed by atoms with E-state index in [1.165, 1.54) is 11.1 Å². The van der Waals surface area contributed by atoms with Gasteiger partial charge < -0.3 is 9.47 Å². The highest BCUT2D eigenvalue weighted by molar-refractivity contribution is 5.74. The summed E-state index contributed by atoms with van der Waals surface area (Å²) in [4.78, 5) is 11.9. The summed E-state index contributed by atoms with van der Waals surface area (Å²) in [5.74, 6) is 1.50. The van der Waals surface area contributed by atoms with Crippen LogP contribution < -0.4 is 9.47 Å². The maximum atomic E-state index is 11.9. The summed E-state index contributed by atoms with van der Waals surface area (Å²) in [5, 5.41) is 0. The molecule has 2 aromatic carbocycles. The van der Waals surface area contributed by atoms with Crippen molar-refractivity contribution in [1.82, 2.24) is 0 Å². The summed E-state index contributed by atoms with van der Waals surface area (Å²) in [6.45, 7) is 12.5. The monoisotopic (exact) mass is 382 g/mol. The highest BCUT2D eigenvalue weighted by Gasteiger charge is 2.21. The van der Waals surface area contributed by atoms with Gasteiger partial charge in [-0.25, -0.2) is 0 Å². The molecule has 3 heteroatoms. The minimum atomic E-state index is -0.176. The number of carbonyl (C=O) groups excluding carboxylic acids is 1. The lowest BCUT2D eigenvalue weighted by Gasteiger charge is -2.28. The first kappa shape index (κ1) is 22.0. The largest absolute Gasteiger partial charge is 0.488 e. The molecule has 2 aromatic rings. The molecule has 0 aliphatic carbocycles. The Morgan fingerprint density at radius 3 is 1.75 bits per heavy atom. The second-order valence-corrected chi connectivity index (χ2v) is 7.85. The molecule has 0 heterocycles. The first-order valence-electron chi connectivity index (χ1n) is 10.4. The van der Waals surface area contributed by atoms with E-state index in [1.807, 2.05) is 38.1 Å². The summed E-state index contributed by atoms with van der Waals surface area (Å²) >= 11 is 0. The molecule has 28 heavy (non-hydrogen) atoms. The van der Waals surface area contributed by atoms with Gasteiger partial charge in [0.2, 0.25) is 0 Å². The molecule has 0 aliphatic rings. The van der Waals surface area contributed by atoms with Crippen molar-refractivity contribution < 1.29 is 14.3 Å². The van der Waals surface area contributed by atoms with Gasteiger partial charge in [0.1, 0.15) is 17.1 Å². The van der Waals surface area contributed by atoms with Crippen LogP contribution in [0.5, 0.6) is 11.5 Å². The second-order valence-electron chi connectivity index (χ2n) is 7.85. The Morgan fingerprint density at radius 2 is 1.32 bits per heavy atom. The number of carbonyl (C=O) groups is 1. The third kappa shape index (κ3) is 5.60. The fraction of sp³-hybridized carbons (Fsp3) is 0.480. The molecule has 0 aliphatic heterocycles. The molecule has 0 saturated heterocycles. The average molecular weight is 383 g/mol. The quantitative estimate of drug-likeness (QED) is 0.355. The number of esters is 1. The molecule has 3 nitrogen and oxygen atoms in total. The van der Waals surface area contributed by atoms with Crippen LogP contribution in [0, 0.1) is 5.92 Å². The lowest BCUT2D eigenvalue weighted by molar-refractivity contribution is -0.138. The van der Waals surface area contributed by atoms with Crippen molar-refractivity contribution in [3.8, 4) is 11.5 Å². The van der Waals surface area contributed by atoms with E-state index in [4.69, 9.17) is 9.47 Å². The topological polar surface area (TPSA) is 35.5 Å². The molecule has 0 bridgehead atoms. The molecular formula is C25H34O3. The van der Waals surface area contributed by atoms with E-state index in [1.54, 1.807) is 0 Å². The van der Waals surface area contributed by atoms with Gasteiger partial charge in [0, 0.05) is 5.92 Å². The van der Waals surface area contributed by atoms with Crippen LogP contribution in [0.2, 0.25) is 0 Å². The summed E-state index contributed by atoms with van der Waals surface area (Å²) in [7, 11) is 0. The van der Waals surface area contributed by atoms with Crippen LogP contribution in [-0.2, 0) is 4.79 Å². The predicted molar refractivity (Wildman–Crippen MR) is 115 cm³/mol. The highest BCUT2D eigenvalue weighted by Crippen LogP contribution is 2.29. The predicted octanol–water partition coefficient (Wildman–Crippen LogP) is 6.75. The van der Waals surface area contributed by atoms with Crippen LogP contribution in [0.4, 0.5) is 0 Å². The molecule has 0 radical (unpaired) electrons. The lowest BCUT2D eigenvalue weighted by Crippen LogP contribution is -2.30. The minimum Gasteiger partial charge on any atom is -0.488 e. The molecule has 0 saturated carbocycles. The van der Waals surface area contributed by atoms with Crippen molar-refractivity contribution in [2.75, 3.05) is 0 Å². The number of rotatable bonds is 9. The van der Waals surface area contributed by atoms with Crippen LogP contribution in [0.25, 0.3) is 0 Å². The molecule has 0 aromatic heterocycles. The molecule has 0 spiro atoms. The van der Waals surface area contributed by atoms with Gasteiger partial charge in [0.15, 0.2) is 0 Å². The van der Waals surface area contributed by atoms with Crippen LogP contribution in [-0.4, -0.2) is 11.6 Å². The van der Waals surface area contributed by atoms with Crippen molar-refractivity contribution >= 4 is 5.97 Å². The van der Waals surface area contributed by atoms with E-state index in [9.17, 15) is 4.79 Å². The average Bonchev–Trinajstić information content (AvgIpc) is 2.73. The number of hydrogen-bond donors (Lipinski definition) is 0. The van der Waals surface area contributed by atoms with Gasteiger partial charge >= 0.3 is 5.97 Å². The highest BCUT2D eigenvalue weighted by atomic mass is 16.5.